The van der Waals surface area contributed by atoms with Crippen molar-refractivity contribution >= 4 is 21.8 Å². The summed E-state index contributed by atoms with van der Waals surface area (Å²) in [5.41, 5.74) is 5.26. The molecule has 1 amide bonds. The van der Waals surface area contributed by atoms with E-state index >= 15 is 0 Å². The van der Waals surface area contributed by atoms with Crippen molar-refractivity contribution in [1.82, 2.24) is 9.78 Å². The first-order chi connectivity index (χ1) is 8.47. The lowest BCUT2D eigenvalue weighted by Gasteiger charge is -2.16. The molecule has 1 saturated heterocycles. The fraction of sp³-hybridized carbons (Fsp3) is 0.556. The number of hydrogen-bond donors (Lipinski definition) is 4. The second-order valence-corrected chi connectivity index (χ2v) is 4.64. The predicted octanol–water partition coefficient (Wildman–Crippen LogP) is -1.64. The third kappa shape index (κ3) is 2.04. The number of primary amides is 1. The first-order valence-corrected chi connectivity index (χ1v) is 5.92. The summed E-state index contributed by atoms with van der Waals surface area (Å²) in [6.07, 6.45) is -3.17. The number of rotatable bonds is 3. The first kappa shape index (κ1) is 13.4. The molecule has 1 aliphatic rings. The summed E-state index contributed by atoms with van der Waals surface area (Å²) in [5, 5.41) is 32.2. The van der Waals surface area contributed by atoms with Gasteiger partial charge in [-0.3, -0.25) is 4.79 Å². The van der Waals surface area contributed by atoms with E-state index in [0.717, 1.165) is 0 Å². The Labute approximate surface area is 110 Å². The Hall–Kier alpha value is -1.00. The minimum absolute atomic E-state index is 0.132. The standard InChI is InChI=1S/C9H12BrN3O5/c10-7-3(8(11)17)1-12-13(7)9-6(16)5(15)4(2-14)18-9/h1,4-6,9,14-16H,2H2,(H2,11,17)/t4-,5-,6-,9-/m1/s1. The fourth-order valence-electron chi connectivity index (χ4n) is 1.77. The van der Waals surface area contributed by atoms with Crippen molar-refractivity contribution < 1.29 is 24.9 Å². The van der Waals surface area contributed by atoms with E-state index < -0.39 is 37.1 Å². The highest BCUT2D eigenvalue weighted by molar-refractivity contribution is 9.10. The average molecular weight is 322 g/mol. The highest BCUT2D eigenvalue weighted by Gasteiger charge is 2.44. The molecule has 1 aliphatic heterocycles. The van der Waals surface area contributed by atoms with Gasteiger partial charge in [0.05, 0.1) is 18.4 Å². The monoisotopic (exact) mass is 321 g/mol. The number of aliphatic hydroxyl groups excluding tert-OH is 3. The van der Waals surface area contributed by atoms with E-state index in [-0.39, 0.29) is 10.2 Å². The van der Waals surface area contributed by atoms with Gasteiger partial charge in [0, 0.05) is 0 Å². The molecule has 0 bridgehead atoms. The lowest BCUT2D eigenvalue weighted by atomic mass is 10.1. The van der Waals surface area contributed by atoms with E-state index in [1.54, 1.807) is 0 Å². The van der Waals surface area contributed by atoms with Crippen LogP contribution in [0.1, 0.15) is 16.6 Å². The number of hydrogen-bond acceptors (Lipinski definition) is 6. The Kier molecular flexibility index (Phi) is 3.69. The van der Waals surface area contributed by atoms with Gasteiger partial charge in [-0.15, -0.1) is 0 Å². The Morgan fingerprint density at radius 3 is 2.67 bits per heavy atom. The maximum atomic E-state index is 11.1. The molecular weight excluding hydrogens is 310 g/mol. The van der Waals surface area contributed by atoms with E-state index in [1.807, 2.05) is 0 Å². The van der Waals surface area contributed by atoms with Gasteiger partial charge in [-0.2, -0.15) is 5.10 Å². The van der Waals surface area contributed by atoms with Crippen LogP contribution in [0.5, 0.6) is 0 Å². The number of carbonyl (C=O) groups excluding carboxylic acids is 1. The second-order valence-electron chi connectivity index (χ2n) is 3.89. The van der Waals surface area contributed by atoms with E-state index in [9.17, 15) is 15.0 Å². The Morgan fingerprint density at radius 1 is 1.56 bits per heavy atom. The molecule has 9 heteroatoms. The predicted molar refractivity (Wildman–Crippen MR) is 61.5 cm³/mol. The quantitative estimate of drug-likeness (QED) is 0.528. The molecule has 2 rings (SSSR count). The van der Waals surface area contributed by atoms with Crippen molar-refractivity contribution in [2.24, 2.45) is 5.73 Å². The summed E-state index contributed by atoms with van der Waals surface area (Å²) in [5.74, 6) is -0.681. The Bertz CT molecular complexity index is 465. The molecule has 1 aromatic rings. The van der Waals surface area contributed by atoms with Gasteiger partial charge < -0.3 is 25.8 Å². The van der Waals surface area contributed by atoms with Crippen molar-refractivity contribution in [3.05, 3.63) is 16.4 Å². The summed E-state index contributed by atoms with van der Waals surface area (Å²) in [6.45, 7) is -0.434. The topological polar surface area (TPSA) is 131 Å². The number of aliphatic hydroxyl groups is 3. The van der Waals surface area contributed by atoms with Crippen LogP contribution in [0.25, 0.3) is 0 Å². The Morgan fingerprint density at radius 2 is 2.22 bits per heavy atom. The number of amides is 1. The van der Waals surface area contributed by atoms with E-state index in [4.69, 9.17) is 15.6 Å². The van der Waals surface area contributed by atoms with Gasteiger partial charge in [0.1, 0.15) is 22.9 Å². The molecule has 0 unspecified atom stereocenters. The van der Waals surface area contributed by atoms with Crippen LogP contribution in [0.3, 0.4) is 0 Å². The van der Waals surface area contributed by atoms with Gasteiger partial charge in [0.2, 0.25) is 0 Å². The van der Waals surface area contributed by atoms with Crippen molar-refractivity contribution in [2.75, 3.05) is 6.61 Å². The summed E-state index contributed by atoms with van der Waals surface area (Å²) in [7, 11) is 0. The number of halogens is 1. The number of nitrogens with zero attached hydrogens (tertiary/aromatic N) is 2. The first-order valence-electron chi connectivity index (χ1n) is 5.12. The molecular formula is C9H12BrN3O5. The van der Waals surface area contributed by atoms with E-state index in [0.29, 0.717) is 0 Å². The third-order valence-electron chi connectivity index (χ3n) is 2.76. The molecule has 5 N–H and O–H groups in total. The van der Waals surface area contributed by atoms with Crippen molar-refractivity contribution in [3.63, 3.8) is 0 Å². The molecule has 0 aliphatic carbocycles. The van der Waals surface area contributed by atoms with E-state index in [1.165, 1.54) is 10.9 Å². The van der Waals surface area contributed by atoms with Crippen LogP contribution in [0.4, 0.5) is 0 Å². The molecule has 0 spiro atoms. The summed E-state index contributed by atoms with van der Waals surface area (Å²) >= 11 is 3.12. The maximum absolute atomic E-state index is 11.1. The molecule has 0 saturated carbocycles. The minimum atomic E-state index is -1.26. The number of nitrogens with two attached hydrogens (primary N) is 1. The molecule has 1 fully saturated rings. The van der Waals surface area contributed by atoms with Gasteiger partial charge >= 0.3 is 0 Å². The van der Waals surface area contributed by atoms with Crippen molar-refractivity contribution in [2.45, 2.75) is 24.5 Å². The van der Waals surface area contributed by atoms with E-state index in [2.05, 4.69) is 21.0 Å². The summed E-state index contributed by atoms with van der Waals surface area (Å²) < 4.78 is 6.69. The molecule has 2 heterocycles. The zero-order valence-electron chi connectivity index (χ0n) is 9.10. The van der Waals surface area contributed by atoms with Crippen LogP contribution >= 0.6 is 15.9 Å². The summed E-state index contributed by atoms with van der Waals surface area (Å²) in [6, 6.07) is 0. The smallest absolute Gasteiger partial charge is 0.253 e. The molecule has 8 nitrogen and oxygen atoms in total. The number of ether oxygens (including phenoxy) is 1. The van der Waals surface area contributed by atoms with Crippen LogP contribution in [0.2, 0.25) is 0 Å². The van der Waals surface area contributed by atoms with Gasteiger partial charge in [0.15, 0.2) is 6.23 Å². The molecule has 0 radical (unpaired) electrons. The minimum Gasteiger partial charge on any atom is -0.394 e. The number of carbonyl (C=O) groups is 1. The highest BCUT2D eigenvalue weighted by atomic mass is 79.9. The largest absolute Gasteiger partial charge is 0.394 e. The van der Waals surface area contributed by atoms with Gasteiger partial charge in [0.25, 0.3) is 5.91 Å². The molecule has 18 heavy (non-hydrogen) atoms. The fourth-order valence-corrected chi connectivity index (χ4v) is 2.36. The van der Waals surface area contributed by atoms with Crippen molar-refractivity contribution in [1.29, 1.82) is 0 Å². The third-order valence-corrected chi connectivity index (χ3v) is 3.55. The zero-order chi connectivity index (χ0) is 13.4. The van der Waals surface area contributed by atoms with Crippen LogP contribution in [0.15, 0.2) is 10.8 Å². The maximum Gasteiger partial charge on any atom is 0.253 e. The normalized spacial score (nSPS) is 31.8. The van der Waals surface area contributed by atoms with Crippen LogP contribution in [0, 0.1) is 0 Å². The number of aromatic nitrogens is 2. The van der Waals surface area contributed by atoms with Gasteiger partial charge in [-0.05, 0) is 15.9 Å². The second kappa shape index (κ2) is 4.94. The van der Waals surface area contributed by atoms with Crippen LogP contribution in [-0.4, -0.2) is 55.9 Å². The van der Waals surface area contributed by atoms with Gasteiger partial charge in [-0.1, -0.05) is 0 Å². The SMILES string of the molecule is NC(=O)c1cnn([C@@H]2O[C@H](CO)[C@@H](O)[C@H]2O)c1Br. The highest BCUT2D eigenvalue weighted by Crippen LogP contribution is 2.32. The lowest BCUT2D eigenvalue weighted by Crippen LogP contribution is -2.33. The molecule has 100 valence electrons. The van der Waals surface area contributed by atoms with Crippen LogP contribution < -0.4 is 5.73 Å². The molecule has 0 aromatic carbocycles. The zero-order valence-corrected chi connectivity index (χ0v) is 10.7. The van der Waals surface area contributed by atoms with Crippen LogP contribution in [-0.2, 0) is 4.74 Å². The van der Waals surface area contributed by atoms with Crippen molar-refractivity contribution in [3.8, 4) is 0 Å². The Balaban J connectivity index is 2.30. The summed E-state index contributed by atoms with van der Waals surface area (Å²) in [4.78, 5) is 11.1. The van der Waals surface area contributed by atoms with Gasteiger partial charge in [-0.25, -0.2) is 4.68 Å². The molecule has 4 atom stereocenters. The molecule has 1 aromatic heterocycles. The average Bonchev–Trinajstić information content (AvgIpc) is 2.82. The lowest BCUT2D eigenvalue weighted by molar-refractivity contribution is -0.0597.